The number of hydrogen-bond acceptors (Lipinski definition) is 1. The van der Waals surface area contributed by atoms with Crippen LogP contribution in [0.5, 0.6) is 0 Å². The molecule has 0 aromatic rings. The van der Waals surface area contributed by atoms with Crippen molar-refractivity contribution in [2.75, 3.05) is 0 Å². The molecule has 5 rings (SSSR count). The van der Waals surface area contributed by atoms with Gasteiger partial charge in [-0.3, -0.25) is 0 Å². The average molecular weight is 234 g/mol. The third-order valence-electron chi connectivity index (χ3n) is 6.83. The minimum absolute atomic E-state index is 0.0601. The third kappa shape index (κ3) is 1.54. The Labute approximate surface area is 105 Å². The highest BCUT2D eigenvalue weighted by Gasteiger charge is 2.53. The van der Waals surface area contributed by atoms with Crippen molar-refractivity contribution >= 4 is 0 Å². The second-order valence-electron chi connectivity index (χ2n) is 7.33. The molecule has 7 unspecified atom stereocenters. The van der Waals surface area contributed by atoms with E-state index < -0.39 is 0 Å². The van der Waals surface area contributed by atoms with Gasteiger partial charge in [0.1, 0.15) is 0 Å². The highest BCUT2D eigenvalue weighted by molar-refractivity contribution is 5.03. The molecule has 96 valence electrons. The van der Waals surface area contributed by atoms with E-state index in [1.807, 2.05) is 0 Å². The molecule has 0 amide bonds. The van der Waals surface area contributed by atoms with Crippen LogP contribution in [-0.2, 0) is 0 Å². The topological polar surface area (TPSA) is 20.2 Å². The number of rotatable bonds is 0. The first-order chi connectivity index (χ1) is 8.34. The van der Waals surface area contributed by atoms with E-state index >= 15 is 0 Å². The fourth-order valence-electron chi connectivity index (χ4n) is 6.26. The van der Waals surface area contributed by atoms with Gasteiger partial charge in [0, 0.05) is 0 Å². The first-order valence-corrected chi connectivity index (χ1v) is 8.02. The van der Waals surface area contributed by atoms with Crippen molar-refractivity contribution in [1.82, 2.24) is 0 Å². The Hall–Kier alpha value is -0.0400. The quantitative estimate of drug-likeness (QED) is 0.679. The maximum absolute atomic E-state index is 10.5. The van der Waals surface area contributed by atoms with Crippen LogP contribution in [0.1, 0.15) is 57.8 Å². The van der Waals surface area contributed by atoms with E-state index in [2.05, 4.69) is 0 Å². The van der Waals surface area contributed by atoms with E-state index in [1.165, 1.54) is 51.4 Å². The Kier molecular flexibility index (Phi) is 2.54. The zero-order valence-electron chi connectivity index (χ0n) is 10.9. The molecule has 0 aromatic heterocycles. The van der Waals surface area contributed by atoms with Crippen LogP contribution in [0.4, 0.5) is 0 Å². The molecule has 0 heterocycles. The normalized spacial score (nSPS) is 57.4. The zero-order valence-corrected chi connectivity index (χ0v) is 10.9. The molecule has 0 radical (unpaired) electrons. The Morgan fingerprint density at radius 2 is 1.29 bits per heavy atom. The van der Waals surface area contributed by atoms with Crippen LogP contribution in [-0.4, -0.2) is 11.2 Å². The average Bonchev–Trinajstić information content (AvgIpc) is 2.73. The van der Waals surface area contributed by atoms with Crippen LogP contribution in [0.25, 0.3) is 0 Å². The fourth-order valence-corrected chi connectivity index (χ4v) is 6.26. The number of aliphatic hydroxyl groups excluding tert-OH is 1. The summed E-state index contributed by atoms with van der Waals surface area (Å²) in [6.07, 6.45) is 12.9. The van der Waals surface area contributed by atoms with Crippen LogP contribution in [0.15, 0.2) is 0 Å². The van der Waals surface area contributed by atoms with Gasteiger partial charge < -0.3 is 5.11 Å². The molecular weight excluding hydrogens is 208 g/mol. The summed E-state index contributed by atoms with van der Waals surface area (Å²) in [5.41, 5.74) is 0. The summed E-state index contributed by atoms with van der Waals surface area (Å²) < 4.78 is 0. The molecule has 5 aliphatic carbocycles. The molecule has 17 heavy (non-hydrogen) atoms. The Bertz CT molecular complexity index is 300. The van der Waals surface area contributed by atoms with Gasteiger partial charge in [-0.25, -0.2) is 0 Å². The van der Waals surface area contributed by atoms with E-state index in [0.29, 0.717) is 5.92 Å². The minimum Gasteiger partial charge on any atom is -0.393 e. The lowest BCUT2D eigenvalue weighted by Crippen LogP contribution is -2.40. The van der Waals surface area contributed by atoms with Crippen molar-refractivity contribution < 1.29 is 5.11 Å². The lowest BCUT2D eigenvalue weighted by Gasteiger charge is -2.42. The first kappa shape index (κ1) is 10.8. The molecule has 2 bridgehead atoms. The molecule has 1 nitrogen and oxygen atoms in total. The number of fused-ring (bicyclic) bond motifs is 1. The number of hydrogen-bond donors (Lipinski definition) is 1. The van der Waals surface area contributed by atoms with Crippen LogP contribution < -0.4 is 0 Å². The van der Waals surface area contributed by atoms with Gasteiger partial charge in [-0.15, -0.1) is 0 Å². The highest BCUT2D eigenvalue weighted by atomic mass is 16.3. The molecule has 5 aliphatic rings. The van der Waals surface area contributed by atoms with Crippen LogP contribution in [0.3, 0.4) is 0 Å². The van der Waals surface area contributed by atoms with Crippen LogP contribution in [0.2, 0.25) is 0 Å². The fraction of sp³-hybridized carbons (Fsp3) is 1.00. The molecule has 5 fully saturated rings. The summed E-state index contributed by atoms with van der Waals surface area (Å²) in [6.45, 7) is 0. The lowest BCUT2D eigenvalue weighted by atomic mass is 9.64. The SMILES string of the molecule is OC1CC2C3CCCCC3CC1C1CCCC12. The second-order valence-corrected chi connectivity index (χ2v) is 7.33. The smallest absolute Gasteiger partial charge is 0.0574 e. The maximum Gasteiger partial charge on any atom is 0.0574 e. The predicted octanol–water partition coefficient (Wildman–Crippen LogP) is 3.61. The zero-order chi connectivity index (χ0) is 11.4. The van der Waals surface area contributed by atoms with Crippen molar-refractivity contribution in [1.29, 1.82) is 0 Å². The third-order valence-corrected chi connectivity index (χ3v) is 6.83. The van der Waals surface area contributed by atoms with Crippen molar-refractivity contribution in [3.8, 4) is 0 Å². The molecule has 0 aliphatic heterocycles. The Balaban J connectivity index is 1.70. The largest absolute Gasteiger partial charge is 0.393 e. The minimum atomic E-state index is 0.0601. The summed E-state index contributed by atoms with van der Waals surface area (Å²) in [5, 5.41) is 10.5. The van der Waals surface area contributed by atoms with E-state index in [0.717, 1.165) is 36.0 Å². The van der Waals surface area contributed by atoms with E-state index in [4.69, 9.17) is 0 Å². The maximum atomic E-state index is 10.5. The van der Waals surface area contributed by atoms with E-state index in [9.17, 15) is 5.11 Å². The van der Waals surface area contributed by atoms with Gasteiger partial charge in [0.15, 0.2) is 0 Å². The standard InChI is InChI=1S/C16H26O/c17-16-9-14-11-5-2-1-4-10(11)8-15(16)13-7-3-6-12(13)14/h10-17H,1-9H2. The summed E-state index contributed by atoms with van der Waals surface area (Å²) in [7, 11) is 0. The van der Waals surface area contributed by atoms with Crippen molar-refractivity contribution in [3.05, 3.63) is 0 Å². The monoisotopic (exact) mass is 234 g/mol. The van der Waals surface area contributed by atoms with Crippen LogP contribution in [0, 0.1) is 35.5 Å². The highest BCUT2D eigenvalue weighted by Crippen LogP contribution is 2.59. The summed E-state index contributed by atoms with van der Waals surface area (Å²) >= 11 is 0. The summed E-state index contributed by atoms with van der Waals surface area (Å²) in [4.78, 5) is 0. The Morgan fingerprint density at radius 3 is 2.18 bits per heavy atom. The van der Waals surface area contributed by atoms with Gasteiger partial charge >= 0.3 is 0 Å². The van der Waals surface area contributed by atoms with Gasteiger partial charge in [0.25, 0.3) is 0 Å². The molecule has 5 saturated carbocycles. The summed E-state index contributed by atoms with van der Waals surface area (Å²) in [5.74, 6) is 5.50. The predicted molar refractivity (Wildman–Crippen MR) is 68.5 cm³/mol. The second kappa shape index (κ2) is 3.98. The van der Waals surface area contributed by atoms with E-state index in [-0.39, 0.29) is 6.10 Å². The van der Waals surface area contributed by atoms with Gasteiger partial charge in [-0.1, -0.05) is 25.7 Å². The van der Waals surface area contributed by atoms with Gasteiger partial charge in [0.2, 0.25) is 0 Å². The molecular formula is C16H26O. The lowest BCUT2D eigenvalue weighted by molar-refractivity contribution is -0.0164. The molecule has 0 aromatic carbocycles. The van der Waals surface area contributed by atoms with Gasteiger partial charge in [-0.2, -0.15) is 0 Å². The molecule has 7 atom stereocenters. The molecule has 0 saturated heterocycles. The van der Waals surface area contributed by atoms with E-state index in [1.54, 1.807) is 0 Å². The molecule has 1 N–H and O–H groups in total. The number of aliphatic hydroxyl groups is 1. The molecule has 1 heteroatoms. The van der Waals surface area contributed by atoms with Crippen molar-refractivity contribution in [2.45, 2.75) is 63.9 Å². The van der Waals surface area contributed by atoms with Crippen molar-refractivity contribution in [3.63, 3.8) is 0 Å². The van der Waals surface area contributed by atoms with Gasteiger partial charge in [0.05, 0.1) is 6.10 Å². The Morgan fingerprint density at radius 1 is 0.588 bits per heavy atom. The van der Waals surface area contributed by atoms with Crippen LogP contribution >= 0.6 is 0 Å². The van der Waals surface area contributed by atoms with Gasteiger partial charge in [-0.05, 0) is 67.6 Å². The summed E-state index contributed by atoms with van der Waals surface area (Å²) in [6, 6.07) is 0. The van der Waals surface area contributed by atoms with Crippen molar-refractivity contribution in [2.24, 2.45) is 35.5 Å². The molecule has 0 spiro atoms. The first-order valence-electron chi connectivity index (χ1n) is 8.02.